The van der Waals surface area contributed by atoms with Crippen LogP contribution in [-0.4, -0.2) is 0 Å². The Hall–Kier alpha value is -2.06. The van der Waals surface area contributed by atoms with E-state index in [9.17, 15) is 0 Å². The van der Waals surface area contributed by atoms with E-state index in [0.717, 1.165) is 11.3 Å². The quantitative estimate of drug-likeness (QED) is 0.446. The Bertz CT molecular complexity index is 825. The summed E-state index contributed by atoms with van der Waals surface area (Å²) < 4.78 is 8.09. The van der Waals surface area contributed by atoms with Crippen molar-refractivity contribution < 1.29 is 4.42 Å². The summed E-state index contributed by atoms with van der Waals surface area (Å²) in [7, 11) is 0. The smallest absolute Gasteiger partial charge is 0.133 e. The fourth-order valence-corrected chi connectivity index (χ4v) is 3.47. The number of furan rings is 1. The van der Waals surface area contributed by atoms with Gasteiger partial charge in [0.25, 0.3) is 0 Å². The van der Waals surface area contributed by atoms with Gasteiger partial charge in [-0.2, -0.15) is 0 Å². The lowest BCUT2D eigenvalue weighted by molar-refractivity contribution is 0.582. The Morgan fingerprint density at radius 1 is 0.778 bits per heavy atom. The molecule has 0 atom stereocenters. The molecule has 2 heteroatoms. The normalized spacial score (nSPS) is 11.3. The third kappa shape index (κ3) is 1.39. The molecule has 18 heavy (non-hydrogen) atoms. The van der Waals surface area contributed by atoms with Crippen LogP contribution in [0.25, 0.3) is 31.5 Å². The molecule has 0 aliphatic heterocycles. The van der Waals surface area contributed by atoms with Gasteiger partial charge in [0, 0.05) is 25.7 Å². The van der Waals surface area contributed by atoms with Gasteiger partial charge < -0.3 is 4.42 Å². The molecule has 0 aliphatic carbocycles. The van der Waals surface area contributed by atoms with E-state index >= 15 is 0 Å². The molecule has 0 fully saturated rings. The summed E-state index contributed by atoms with van der Waals surface area (Å²) in [4.78, 5) is 0. The van der Waals surface area contributed by atoms with E-state index in [4.69, 9.17) is 4.42 Å². The van der Waals surface area contributed by atoms with Gasteiger partial charge in [0.1, 0.15) is 5.76 Å². The van der Waals surface area contributed by atoms with Gasteiger partial charge in [0.05, 0.1) is 6.26 Å². The van der Waals surface area contributed by atoms with E-state index < -0.39 is 0 Å². The van der Waals surface area contributed by atoms with Crippen molar-refractivity contribution in [1.82, 2.24) is 0 Å². The molecule has 4 rings (SSSR count). The predicted octanol–water partition coefficient (Wildman–Crippen LogP) is 5.31. The Balaban J connectivity index is 2.04. The predicted molar refractivity (Wildman–Crippen MR) is 77.0 cm³/mol. The molecule has 0 bridgehead atoms. The minimum absolute atomic E-state index is 0.925. The van der Waals surface area contributed by atoms with E-state index in [-0.39, 0.29) is 0 Å². The van der Waals surface area contributed by atoms with Gasteiger partial charge in [-0.3, -0.25) is 0 Å². The van der Waals surface area contributed by atoms with Crippen molar-refractivity contribution in [1.29, 1.82) is 0 Å². The van der Waals surface area contributed by atoms with Crippen LogP contribution in [0.1, 0.15) is 0 Å². The molecule has 0 saturated carbocycles. The summed E-state index contributed by atoms with van der Waals surface area (Å²) in [5.74, 6) is 0.925. The lowest BCUT2D eigenvalue weighted by Gasteiger charge is -1.97. The molecule has 0 unspecified atom stereocenters. The summed E-state index contributed by atoms with van der Waals surface area (Å²) >= 11 is 1.83. The van der Waals surface area contributed by atoms with Crippen molar-refractivity contribution in [2.24, 2.45) is 0 Å². The number of fused-ring (bicyclic) bond motifs is 3. The number of rotatable bonds is 1. The van der Waals surface area contributed by atoms with E-state index in [1.54, 1.807) is 6.26 Å². The van der Waals surface area contributed by atoms with Gasteiger partial charge in [-0.25, -0.2) is 0 Å². The molecule has 2 aromatic carbocycles. The molecule has 1 nitrogen and oxygen atoms in total. The number of thiophene rings is 1. The van der Waals surface area contributed by atoms with Crippen molar-refractivity contribution in [3.05, 3.63) is 60.9 Å². The highest BCUT2D eigenvalue weighted by molar-refractivity contribution is 7.25. The van der Waals surface area contributed by atoms with Crippen LogP contribution in [-0.2, 0) is 0 Å². The second-order valence-electron chi connectivity index (χ2n) is 4.29. The Kier molecular flexibility index (Phi) is 2.05. The maximum absolute atomic E-state index is 5.45. The third-order valence-corrected chi connectivity index (χ3v) is 4.32. The summed E-state index contributed by atoms with van der Waals surface area (Å²) in [6.45, 7) is 0. The first kappa shape index (κ1) is 9.92. The largest absolute Gasteiger partial charge is 0.464 e. The van der Waals surface area contributed by atoms with E-state index in [0.29, 0.717) is 0 Å². The summed E-state index contributed by atoms with van der Waals surface area (Å²) in [5.41, 5.74) is 1.14. The summed E-state index contributed by atoms with van der Waals surface area (Å²) in [6, 6.07) is 19.0. The van der Waals surface area contributed by atoms with Gasteiger partial charge in [-0.05, 0) is 24.3 Å². The summed E-state index contributed by atoms with van der Waals surface area (Å²) in [6.07, 6.45) is 1.71. The lowest BCUT2D eigenvalue weighted by Crippen LogP contribution is -1.72. The highest BCUT2D eigenvalue weighted by Crippen LogP contribution is 2.36. The minimum atomic E-state index is 0.925. The molecule has 0 radical (unpaired) electrons. The van der Waals surface area contributed by atoms with Crippen molar-refractivity contribution >= 4 is 31.5 Å². The Morgan fingerprint density at radius 2 is 1.67 bits per heavy atom. The Labute approximate surface area is 108 Å². The summed E-state index contributed by atoms with van der Waals surface area (Å²) in [5, 5.41) is 2.66. The average Bonchev–Trinajstić information content (AvgIpc) is 3.05. The maximum atomic E-state index is 5.45. The van der Waals surface area contributed by atoms with Crippen LogP contribution < -0.4 is 0 Å². The standard InChI is InChI=1S/C16H10OS/c1-2-6-15-12(4-1)13-8-7-11(10-16(13)18-15)14-5-3-9-17-14/h1-10H. The minimum Gasteiger partial charge on any atom is -0.464 e. The molecule has 0 saturated heterocycles. The van der Waals surface area contributed by atoms with E-state index in [1.807, 2.05) is 23.5 Å². The second kappa shape index (κ2) is 3.72. The molecule has 0 spiro atoms. The topological polar surface area (TPSA) is 13.1 Å². The molecular formula is C16H10OS. The molecule has 2 aromatic heterocycles. The number of hydrogen-bond acceptors (Lipinski definition) is 2. The van der Waals surface area contributed by atoms with Gasteiger partial charge in [0.2, 0.25) is 0 Å². The van der Waals surface area contributed by atoms with Crippen molar-refractivity contribution in [3.8, 4) is 11.3 Å². The molecule has 0 aliphatic rings. The van der Waals surface area contributed by atoms with Crippen LogP contribution in [0.5, 0.6) is 0 Å². The van der Waals surface area contributed by atoms with Crippen molar-refractivity contribution in [3.63, 3.8) is 0 Å². The number of hydrogen-bond donors (Lipinski definition) is 0. The second-order valence-corrected chi connectivity index (χ2v) is 5.37. The van der Waals surface area contributed by atoms with Gasteiger partial charge >= 0.3 is 0 Å². The van der Waals surface area contributed by atoms with Crippen LogP contribution in [0.3, 0.4) is 0 Å². The zero-order chi connectivity index (χ0) is 11.9. The zero-order valence-corrected chi connectivity index (χ0v) is 10.4. The van der Waals surface area contributed by atoms with Crippen molar-refractivity contribution in [2.75, 3.05) is 0 Å². The average molecular weight is 250 g/mol. The molecule has 0 N–H and O–H groups in total. The zero-order valence-electron chi connectivity index (χ0n) is 9.59. The SMILES string of the molecule is c1coc(-c2ccc3c(c2)sc2ccccc23)c1. The first-order chi connectivity index (χ1) is 8.92. The van der Waals surface area contributed by atoms with Crippen LogP contribution in [0.2, 0.25) is 0 Å². The Morgan fingerprint density at radius 3 is 2.56 bits per heavy atom. The highest BCUT2D eigenvalue weighted by atomic mass is 32.1. The first-order valence-corrected chi connectivity index (χ1v) is 6.69. The molecule has 86 valence electrons. The third-order valence-electron chi connectivity index (χ3n) is 3.18. The van der Waals surface area contributed by atoms with Gasteiger partial charge in [0.15, 0.2) is 0 Å². The maximum Gasteiger partial charge on any atom is 0.133 e. The van der Waals surface area contributed by atoms with Gasteiger partial charge in [-0.1, -0.05) is 30.3 Å². The molecule has 2 heterocycles. The number of benzene rings is 2. The molecular weight excluding hydrogens is 240 g/mol. The lowest BCUT2D eigenvalue weighted by atomic mass is 10.1. The highest BCUT2D eigenvalue weighted by Gasteiger charge is 2.07. The van der Waals surface area contributed by atoms with Crippen LogP contribution in [0, 0.1) is 0 Å². The van der Waals surface area contributed by atoms with Crippen LogP contribution in [0.15, 0.2) is 65.3 Å². The monoisotopic (exact) mass is 250 g/mol. The van der Waals surface area contributed by atoms with E-state index in [2.05, 4.69) is 42.5 Å². The van der Waals surface area contributed by atoms with E-state index in [1.165, 1.54) is 20.2 Å². The van der Waals surface area contributed by atoms with Crippen LogP contribution in [0.4, 0.5) is 0 Å². The first-order valence-electron chi connectivity index (χ1n) is 5.87. The fourth-order valence-electron chi connectivity index (χ4n) is 2.32. The molecule has 0 amide bonds. The fraction of sp³-hybridized carbons (Fsp3) is 0. The van der Waals surface area contributed by atoms with Crippen molar-refractivity contribution in [2.45, 2.75) is 0 Å². The molecule has 4 aromatic rings. The van der Waals surface area contributed by atoms with Crippen LogP contribution >= 0.6 is 11.3 Å². The van der Waals surface area contributed by atoms with Gasteiger partial charge in [-0.15, -0.1) is 11.3 Å².